The summed E-state index contributed by atoms with van der Waals surface area (Å²) >= 11 is 2.09. The molecule has 2 fully saturated rings. The molecule has 5 heteroatoms. The van der Waals surface area contributed by atoms with Gasteiger partial charge in [0.25, 0.3) is 0 Å². The van der Waals surface area contributed by atoms with Crippen LogP contribution in [0.4, 0.5) is 0 Å². The monoisotopic (exact) mass is 312 g/mol. The van der Waals surface area contributed by atoms with Gasteiger partial charge in [-0.15, -0.1) is 0 Å². The van der Waals surface area contributed by atoms with Crippen LogP contribution in [-0.2, 0) is 0 Å². The lowest BCUT2D eigenvalue weighted by molar-refractivity contribution is 0.324. The van der Waals surface area contributed by atoms with E-state index in [2.05, 4.69) is 46.1 Å². The molecule has 0 aromatic rings. The lowest BCUT2D eigenvalue weighted by Gasteiger charge is -2.24. The number of aliphatic imine (C=N–C) groups is 1. The molecule has 0 aliphatic carbocycles. The third kappa shape index (κ3) is 5.37. The molecule has 0 bridgehead atoms. The Morgan fingerprint density at radius 2 is 2.29 bits per heavy atom. The quantitative estimate of drug-likeness (QED) is 0.582. The largest absolute Gasteiger partial charge is 0.356 e. The molecule has 2 aliphatic heterocycles. The Bertz CT molecular complexity index is 339. The van der Waals surface area contributed by atoms with Gasteiger partial charge in [0, 0.05) is 31.4 Å². The van der Waals surface area contributed by atoms with Crippen molar-refractivity contribution in [1.82, 2.24) is 15.5 Å². The van der Waals surface area contributed by atoms with Gasteiger partial charge in [0.05, 0.1) is 0 Å². The number of likely N-dealkylation sites (tertiary alicyclic amines) is 1. The zero-order valence-electron chi connectivity index (χ0n) is 14.0. The standard InChI is InChI=1S/C16H32N4S/c1-4-8-20-9-6-14(12-20)11-18-15(17-3)19-13-16(2)7-5-10-21-16/h14H,4-13H2,1-3H3,(H2,17,18,19). The van der Waals surface area contributed by atoms with E-state index in [1.807, 2.05) is 7.05 Å². The summed E-state index contributed by atoms with van der Waals surface area (Å²) in [6.45, 7) is 10.4. The molecule has 0 spiro atoms. The van der Waals surface area contributed by atoms with Crippen LogP contribution in [-0.4, -0.2) is 61.1 Å². The van der Waals surface area contributed by atoms with Gasteiger partial charge >= 0.3 is 0 Å². The highest BCUT2D eigenvalue weighted by atomic mass is 32.2. The van der Waals surface area contributed by atoms with Crippen LogP contribution in [0.15, 0.2) is 4.99 Å². The molecule has 2 heterocycles. The lowest BCUT2D eigenvalue weighted by Crippen LogP contribution is -2.45. The van der Waals surface area contributed by atoms with Crippen LogP contribution >= 0.6 is 11.8 Å². The number of hydrogen-bond acceptors (Lipinski definition) is 3. The smallest absolute Gasteiger partial charge is 0.191 e. The van der Waals surface area contributed by atoms with Crippen molar-refractivity contribution in [3.05, 3.63) is 0 Å². The van der Waals surface area contributed by atoms with E-state index in [4.69, 9.17) is 0 Å². The Kier molecular flexibility index (Phi) is 6.68. The summed E-state index contributed by atoms with van der Waals surface area (Å²) in [6, 6.07) is 0. The van der Waals surface area contributed by atoms with Gasteiger partial charge in [-0.1, -0.05) is 6.92 Å². The zero-order chi connectivity index (χ0) is 15.1. The lowest BCUT2D eigenvalue weighted by atomic mass is 10.1. The maximum atomic E-state index is 4.37. The van der Waals surface area contributed by atoms with E-state index in [0.29, 0.717) is 4.75 Å². The first-order chi connectivity index (χ1) is 10.1. The average molecular weight is 313 g/mol. The molecule has 0 aromatic carbocycles. The maximum absolute atomic E-state index is 4.37. The summed E-state index contributed by atoms with van der Waals surface area (Å²) in [5.41, 5.74) is 0. The summed E-state index contributed by atoms with van der Waals surface area (Å²) in [5.74, 6) is 3.05. The average Bonchev–Trinajstić information content (AvgIpc) is 3.09. The van der Waals surface area contributed by atoms with Gasteiger partial charge in [-0.25, -0.2) is 0 Å². The molecule has 0 saturated carbocycles. The number of thioether (sulfide) groups is 1. The van der Waals surface area contributed by atoms with Crippen molar-refractivity contribution in [2.24, 2.45) is 10.9 Å². The predicted molar refractivity (Wildman–Crippen MR) is 94.3 cm³/mol. The normalized spacial score (nSPS) is 30.8. The van der Waals surface area contributed by atoms with Crippen molar-refractivity contribution < 1.29 is 0 Å². The van der Waals surface area contributed by atoms with Gasteiger partial charge in [-0.3, -0.25) is 4.99 Å². The van der Waals surface area contributed by atoms with E-state index in [1.165, 1.54) is 51.1 Å². The Balaban J connectivity index is 1.66. The molecular formula is C16H32N4S. The molecule has 0 radical (unpaired) electrons. The highest BCUT2D eigenvalue weighted by Gasteiger charge is 2.29. The topological polar surface area (TPSA) is 39.7 Å². The fourth-order valence-electron chi connectivity index (χ4n) is 3.31. The summed E-state index contributed by atoms with van der Waals surface area (Å²) in [4.78, 5) is 6.95. The van der Waals surface area contributed by atoms with E-state index in [9.17, 15) is 0 Å². The van der Waals surface area contributed by atoms with Crippen molar-refractivity contribution in [3.63, 3.8) is 0 Å². The first-order valence-electron chi connectivity index (χ1n) is 8.46. The van der Waals surface area contributed by atoms with Gasteiger partial charge in [0.1, 0.15) is 0 Å². The molecule has 21 heavy (non-hydrogen) atoms. The third-order valence-electron chi connectivity index (χ3n) is 4.62. The molecule has 2 saturated heterocycles. The first kappa shape index (κ1) is 16.9. The van der Waals surface area contributed by atoms with Crippen LogP contribution in [0.2, 0.25) is 0 Å². The van der Waals surface area contributed by atoms with Crippen molar-refractivity contribution in [3.8, 4) is 0 Å². The second kappa shape index (κ2) is 8.28. The van der Waals surface area contributed by atoms with Gasteiger partial charge in [-0.05, 0) is 57.4 Å². The minimum atomic E-state index is 0.392. The molecular weight excluding hydrogens is 280 g/mol. The fraction of sp³-hybridized carbons (Fsp3) is 0.938. The number of nitrogens with one attached hydrogen (secondary N) is 2. The van der Waals surface area contributed by atoms with E-state index in [1.54, 1.807) is 0 Å². The summed E-state index contributed by atoms with van der Waals surface area (Å²) in [6.07, 6.45) is 5.25. The fourth-order valence-corrected chi connectivity index (χ4v) is 4.55. The Morgan fingerprint density at radius 3 is 2.95 bits per heavy atom. The molecule has 4 nitrogen and oxygen atoms in total. The number of rotatable bonds is 6. The van der Waals surface area contributed by atoms with Crippen LogP contribution < -0.4 is 10.6 Å². The maximum Gasteiger partial charge on any atom is 0.191 e. The van der Waals surface area contributed by atoms with Crippen LogP contribution in [0.3, 0.4) is 0 Å². The van der Waals surface area contributed by atoms with Crippen LogP contribution in [0.1, 0.15) is 39.5 Å². The van der Waals surface area contributed by atoms with Gasteiger partial charge in [0.2, 0.25) is 0 Å². The van der Waals surface area contributed by atoms with Crippen molar-refractivity contribution >= 4 is 17.7 Å². The predicted octanol–water partition coefficient (Wildman–Crippen LogP) is 2.17. The van der Waals surface area contributed by atoms with Crippen molar-refractivity contribution in [1.29, 1.82) is 0 Å². The minimum Gasteiger partial charge on any atom is -0.356 e. The molecule has 122 valence electrons. The first-order valence-corrected chi connectivity index (χ1v) is 9.44. The Labute approximate surface area is 134 Å². The van der Waals surface area contributed by atoms with E-state index < -0.39 is 0 Å². The minimum absolute atomic E-state index is 0.392. The molecule has 2 atom stereocenters. The number of hydrogen-bond donors (Lipinski definition) is 2. The van der Waals surface area contributed by atoms with Gasteiger partial charge in [-0.2, -0.15) is 11.8 Å². The SMILES string of the molecule is CCCN1CCC(CNC(=NC)NCC2(C)CCCS2)C1. The molecule has 0 aromatic heterocycles. The summed E-state index contributed by atoms with van der Waals surface area (Å²) < 4.78 is 0.392. The molecule has 2 N–H and O–H groups in total. The van der Waals surface area contributed by atoms with Crippen molar-refractivity contribution in [2.75, 3.05) is 45.5 Å². The van der Waals surface area contributed by atoms with Gasteiger partial charge < -0.3 is 15.5 Å². The second-order valence-electron chi connectivity index (χ2n) is 6.66. The van der Waals surface area contributed by atoms with Crippen LogP contribution in [0.25, 0.3) is 0 Å². The van der Waals surface area contributed by atoms with Crippen molar-refractivity contribution in [2.45, 2.75) is 44.3 Å². The highest BCUT2D eigenvalue weighted by Crippen LogP contribution is 2.36. The molecule has 0 amide bonds. The Morgan fingerprint density at radius 1 is 1.43 bits per heavy atom. The summed E-state index contributed by atoms with van der Waals surface area (Å²) in [7, 11) is 1.87. The summed E-state index contributed by atoms with van der Waals surface area (Å²) in [5, 5.41) is 7.03. The van der Waals surface area contributed by atoms with Gasteiger partial charge in [0.15, 0.2) is 5.96 Å². The van der Waals surface area contributed by atoms with Crippen LogP contribution in [0, 0.1) is 5.92 Å². The van der Waals surface area contributed by atoms with Crippen LogP contribution in [0.5, 0.6) is 0 Å². The molecule has 2 unspecified atom stereocenters. The Hall–Kier alpha value is -0.420. The van der Waals surface area contributed by atoms with E-state index in [-0.39, 0.29) is 0 Å². The second-order valence-corrected chi connectivity index (χ2v) is 8.35. The molecule has 2 rings (SSSR count). The number of nitrogens with zero attached hydrogens (tertiary/aromatic N) is 2. The highest BCUT2D eigenvalue weighted by molar-refractivity contribution is 8.00. The number of guanidine groups is 1. The van der Waals surface area contributed by atoms with E-state index in [0.717, 1.165) is 25.0 Å². The zero-order valence-corrected chi connectivity index (χ0v) is 14.8. The third-order valence-corrected chi connectivity index (χ3v) is 6.16. The molecule has 2 aliphatic rings. The van der Waals surface area contributed by atoms with E-state index >= 15 is 0 Å².